The molecule has 2 unspecified atom stereocenters. The fraction of sp³-hybridized carbons (Fsp3) is 0.346. The third-order valence-corrected chi connectivity index (χ3v) is 6.57. The van der Waals surface area contributed by atoms with Gasteiger partial charge >= 0.3 is 0 Å². The van der Waals surface area contributed by atoms with Crippen molar-refractivity contribution in [3.8, 4) is 17.6 Å². The minimum absolute atomic E-state index is 0.0432. The smallest absolute Gasteiger partial charge is 0.257 e. The van der Waals surface area contributed by atoms with E-state index in [1.165, 1.54) is 12.0 Å². The average molecular weight is 490 g/mol. The Bertz CT molecular complexity index is 1260. The Balaban J connectivity index is 1.36. The van der Waals surface area contributed by atoms with Gasteiger partial charge in [0.2, 0.25) is 0 Å². The van der Waals surface area contributed by atoms with Crippen LogP contribution in [0.15, 0.2) is 42.5 Å². The number of amides is 2. The summed E-state index contributed by atoms with van der Waals surface area (Å²) in [6, 6.07) is 12.5. The average Bonchev–Trinajstić information content (AvgIpc) is 3.36. The molecule has 2 atom stereocenters. The zero-order valence-electron chi connectivity index (χ0n) is 19.8. The van der Waals surface area contributed by atoms with E-state index in [1.54, 1.807) is 24.3 Å². The highest BCUT2D eigenvalue weighted by Crippen LogP contribution is 2.28. The number of nitrogens with zero attached hydrogens (tertiary/aromatic N) is 2. The first-order chi connectivity index (χ1) is 17.4. The van der Waals surface area contributed by atoms with Gasteiger partial charge in [-0.05, 0) is 29.8 Å². The van der Waals surface area contributed by atoms with Crippen molar-refractivity contribution >= 4 is 17.6 Å². The van der Waals surface area contributed by atoms with Gasteiger partial charge < -0.3 is 29.7 Å². The molecule has 0 radical (unpaired) electrons. The van der Waals surface area contributed by atoms with Crippen LogP contribution in [-0.4, -0.2) is 84.4 Å². The number of morpholine rings is 1. The number of amidine groups is 1. The van der Waals surface area contributed by atoms with Crippen LogP contribution in [0.5, 0.6) is 5.75 Å². The number of carbonyl (C=O) groups excluding carboxylic acids is 2. The molecule has 2 amide bonds. The van der Waals surface area contributed by atoms with Gasteiger partial charge in [0.15, 0.2) is 11.9 Å². The van der Waals surface area contributed by atoms with Gasteiger partial charge in [-0.3, -0.25) is 15.0 Å². The minimum atomic E-state index is -1.49. The third kappa shape index (κ3) is 4.52. The Morgan fingerprint density at radius 2 is 1.97 bits per heavy atom. The highest BCUT2D eigenvalue weighted by Gasteiger charge is 2.48. The van der Waals surface area contributed by atoms with Gasteiger partial charge in [-0.1, -0.05) is 30.0 Å². The number of hydrogen-bond donors (Lipinski definition) is 4. The number of fused-ring (bicyclic) bond motifs is 1. The van der Waals surface area contributed by atoms with E-state index in [9.17, 15) is 14.7 Å². The lowest BCUT2D eigenvalue weighted by molar-refractivity contribution is -0.123. The highest BCUT2D eigenvalue weighted by atomic mass is 16.5. The second-order valence-corrected chi connectivity index (χ2v) is 8.89. The lowest BCUT2D eigenvalue weighted by atomic mass is 9.99. The van der Waals surface area contributed by atoms with Crippen molar-refractivity contribution in [3.63, 3.8) is 0 Å². The number of hydrogen-bond acceptors (Lipinski definition) is 7. The van der Waals surface area contributed by atoms with Crippen molar-refractivity contribution in [3.05, 3.63) is 64.7 Å². The van der Waals surface area contributed by atoms with E-state index >= 15 is 0 Å². The number of carbonyl (C=O) groups is 2. The standard InChI is InChI=1S/C26H27N5O5/c1-35-20-7-6-19-15-31(23(32)21(19)14-20)16-26(24(33)28-25(34)29-26)9-8-17-2-4-18(5-3-17)22(27)30-10-12-36-13-11-30/h2-7,14,25,27,29,34H,10-13,15-16H2,1H3,(H,28,33). The maximum absolute atomic E-state index is 13.1. The maximum Gasteiger partial charge on any atom is 0.257 e. The molecule has 4 N–H and O–H groups in total. The number of aliphatic hydroxyl groups excluding tert-OH is 1. The summed E-state index contributed by atoms with van der Waals surface area (Å²) in [6.07, 6.45) is -1.27. The topological polar surface area (TPSA) is 127 Å². The first-order valence-corrected chi connectivity index (χ1v) is 11.7. The Labute approximate surface area is 208 Å². The third-order valence-electron chi connectivity index (χ3n) is 6.57. The van der Waals surface area contributed by atoms with E-state index in [1.807, 2.05) is 23.1 Å². The van der Waals surface area contributed by atoms with E-state index in [-0.39, 0.29) is 12.5 Å². The van der Waals surface area contributed by atoms with Crippen LogP contribution >= 0.6 is 0 Å². The molecule has 3 heterocycles. The van der Waals surface area contributed by atoms with Crippen LogP contribution in [0, 0.1) is 17.3 Å². The van der Waals surface area contributed by atoms with Gasteiger partial charge in [0, 0.05) is 36.3 Å². The van der Waals surface area contributed by atoms with Crippen molar-refractivity contribution in [2.45, 2.75) is 18.4 Å². The van der Waals surface area contributed by atoms with Gasteiger partial charge in [0.1, 0.15) is 11.6 Å². The van der Waals surface area contributed by atoms with Gasteiger partial charge in [-0.15, -0.1) is 0 Å². The summed E-state index contributed by atoms with van der Waals surface area (Å²) in [4.78, 5) is 29.4. The number of aliphatic hydroxyl groups is 1. The summed E-state index contributed by atoms with van der Waals surface area (Å²) in [5.74, 6) is 6.25. The Morgan fingerprint density at radius 3 is 2.64 bits per heavy atom. The summed E-state index contributed by atoms with van der Waals surface area (Å²) in [5.41, 5.74) is 1.28. The molecule has 2 aromatic carbocycles. The Hall–Kier alpha value is -3.91. The highest BCUT2D eigenvalue weighted by molar-refractivity contribution is 6.00. The summed E-state index contributed by atoms with van der Waals surface area (Å²) in [5, 5.41) is 23.7. The molecular formula is C26H27N5O5. The monoisotopic (exact) mass is 489 g/mol. The zero-order valence-corrected chi connectivity index (χ0v) is 19.8. The minimum Gasteiger partial charge on any atom is -0.497 e. The predicted molar refractivity (Wildman–Crippen MR) is 130 cm³/mol. The van der Waals surface area contributed by atoms with Crippen LogP contribution in [-0.2, 0) is 16.1 Å². The van der Waals surface area contributed by atoms with Crippen molar-refractivity contribution in [1.29, 1.82) is 5.41 Å². The van der Waals surface area contributed by atoms with Crippen LogP contribution in [0.4, 0.5) is 0 Å². The maximum atomic E-state index is 13.1. The van der Waals surface area contributed by atoms with Crippen LogP contribution in [0.2, 0.25) is 0 Å². The number of nitrogens with one attached hydrogen (secondary N) is 3. The molecule has 2 aromatic rings. The van der Waals surface area contributed by atoms with E-state index in [4.69, 9.17) is 14.9 Å². The molecule has 186 valence electrons. The fourth-order valence-electron chi connectivity index (χ4n) is 4.57. The molecule has 0 spiro atoms. The van der Waals surface area contributed by atoms with Gasteiger partial charge in [0.05, 0.1) is 26.9 Å². The molecular weight excluding hydrogens is 462 g/mol. The molecule has 10 heteroatoms. The SMILES string of the molecule is COc1ccc2c(c1)C(=O)N(CC1(C#Cc3ccc(C(=N)N4CCOCC4)cc3)NC(O)NC1=O)C2. The molecule has 2 saturated heterocycles. The zero-order chi connectivity index (χ0) is 25.3. The number of benzene rings is 2. The Morgan fingerprint density at radius 1 is 1.22 bits per heavy atom. The first-order valence-electron chi connectivity index (χ1n) is 11.7. The van der Waals surface area contributed by atoms with Gasteiger partial charge in [0.25, 0.3) is 11.8 Å². The summed E-state index contributed by atoms with van der Waals surface area (Å²) >= 11 is 0. The molecule has 0 aromatic heterocycles. The van der Waals surface area contributed by atoms with Crippen molar-refractivity contribution in [2.75, 3.05) is 40.0 Å². The largest absolute Gasteiger partial charge is 0.497 e. The van der Waals surface area contributed by atoms with E-state index in [0.29, 0.717) is 55.6 Å². The number of ether oxygens (including phenoxy) is 2. The summed E-state index contributed by atoms with van der Waals surface area (Å²) < 4.78 is 10.6. The fourth-order valence-corrected chi connectivity index (χ4v) is 4.57. The van der Waals surface area contributed by atoms with Crippen LogP contribution in [0.25, 0.3) is 0 Å². The summed E-state index contributed by atoms with van der Waals surface area (Å²) in [6.45, 7) is 2.85. The van der Waals surface area contributed by atoms with Gasteiger partial charge in [-0.2, -0.15) is 0 Å². The molecule has 3 aliphatic rings. The van der Waals surface area contributed by atoms with E-state index in [2.05, 4.69) is 22.5 Å². The normalized spacial score (nSPS) is 23.1. The summed E-state index contributed by atoms with van der Waals surface area (Å²) in [7, 11) is 1.54. The lowest BCUT2D eigenvalue weighted by Crippen LogP contribution is -2.54. The molecule has 5 rings (SSSR count). The second kappa shape index (κ2) is 9.62. The molecule has 0 saturated carbocycles. The van der Waals surface area contributed by atoms with E-state index < -0.39 is 17.8 Å². The van der Waals surface area contributed by atoms with Crippen molar-refractivity contribution in [1.82, 2.24) is 20.4 Å². The molecule has 0 bridgehead atoms. The molecule has 2 fully saturated rings. The van der Waals surface area contributed by atoms with E-state index in [0.717, 1.165) is 11.1 Å². The van der Waals surface area contributed by atoms with Crippen LogP contribution in [0.3, 0.4) is 0 Å². The van der Waals surface area contributed by atoms with Crippen LogP contribution in [0.1, 0.15) is 27.0 Å². The quantitative estimate of drug-likeness (QED) is 0.272. The Kier molecular flexibility index (Phi) is 6.36. The molecule has 0 aliphatic carbocycles. The lowest BCUT2D eigenvalue weighted by Gasteiger charge is -2.29. The van der Waals surface area contributed by atoms with Gasteiger partial charge in [-0.25, -0.2) is 5.32 Å². The number of methoxy groups -OCH3 is 1. The second-order valence-electron chi connectivity index (χ2n) is 8.89. The first kappa shape index (κ1) is 23.8. The number of rotatable bonds is 4. The van der Waals surface area contributed by atoms with Crippen LogP contribution < -0.4 is 15.4 Å². The molecule has 3 aliphatic heterocycles. The molecule has 10 nitrogen and oxygen atoms in total. The van der Waals surface area contributed by atoms with Crippen molar-refractivity contribution < 1.29 is 24.2 Å². The predicted octanol–water partition coefficient (Wildman–Crippen LogP) is 0.0944. The molecule has 36 heavy (non-hydrogen) atoms. The van der Waals surface area contributed by atoms with Crippen molar-refractivity contribution in [2.24, 2.45) is 0 Å².